The van der Waals surface area contributed by atoms with Crippen molar-refractivity contribution in [2.75, 3.05) is 78.5 Å². The molecule has 0 radical (unpaired) electrons. The standard InChI is InChI=1S/C15H23IN2O.C15H23N5O.C15H25N3O.C15H24N2O.4CH4.N3.Na/c16-12-5-6-13-11-4-2-8-17-7-1-3-10(14(11)17)9-18(13)15(12)19;16-18-17-12-5-6-13-11-4-2-8-19-7-1-3-10(14(11)19)9-20(13)15(12)21;16-12-5-6-13-11-4-2-8-17-7-1-3-10(14(11)17)9-18(13)15(12)19;18-14-7-1-6-13-12-5-3-9-16-8-2-4-11(15(12)16)10-17(13)14;;;;;1-3-2;/h10-14H,1-9H2;10-14H,1-9H2;10-14H,1-9,16H2;11-13,15H,1-10H2;4*1H4;;/q;;;;;;;;-1;+1/t2*10-,11-,12?,13-,14-;10-,11-,12?,13-,14+;11-,12-,13-,15+;;;;;;/m1111....../s1. The Morgan fingerprint density at radius 2 is 0.741 bits per heavy atom. The summed E-state index contributed by atoms with van der Waals surface area (Å²) in [5.74, 6) is 7.05. The Morgan fingerprint density at radius 3 is 1.14 bits per heavy atom. The van der Waals surface area contributed by atoms with Gasteiger partial charge in [-0.25, -0.2) is 0 Å². The second-order valence-electron chi connectivity index (χ2n) is 27.7. The summed E-state index contributed by atoms with van der Waals surface area (Å²) < 4.78 is 0.244. The van der Waals surface area contributed by atoms with Gasteiger partial charge in [0.25, 0.3) is 0 Å². The molecule has 0 spiro atoms. The summed E-state index contributed by atoms with van der Waals surface area (Å²) in [6.45, 7) is 14.3. The minimum atomic E-state index is -0.453. The van der Waals surface area contributed by atoms with E-state index in [-0.39, 0.29) is 81.0 Å². The largest absolute Gasteiger partial charge is 1.00 e. The second-order valence-corrected chi connectivity index (χ2v) is 29.2. The molecular formula is C64H111IN15NaO4. The van der Waals surface area contributed by atoms with Gasteiger partial charge in [-0.05, 0) is 259 Å². The van der Waals surface area contributed by atoms with Crippen LogP contribution in [0.3, 0.4) is 0 Å². The van der Waals surface area contributed by atoms with Gasteiger partial charge >= 0.3 is 29.6 Å². The zero-order chi connectivity index (χ0) is 55.2. The van der Waals surface area contributed by atoms with Gasteiger partial charge in [0, 0.05) is 85.8 Å². The zero-order valence-electron chi connectivity index (χ0n) is 49.0. The number of nitrogens with two attached hydrogens (primary N) is 1. The van der Waals surface area contributed by atoms with Crippen molar-refractivity contribution < 1.29 is 48.7 Å². The van der Waals surface area contributed by atoms with Crippen LogP contribution >= 0.6 is 22.6 Å². The summed E-state index contributed by atoms with van der Waals surface area (Å²) in [6, 6.07) is 4.47. The molecule has 85 heavy (non-hydrogen) atoms. The molecule has 0 aromatic rings. The number of hydrogen-bond donors (Lipinski definition) is 1. The Kier molecular flexibility index (Phi) is 26.0. The number of amides is 4. The van der Waals surface area contributed by atoms with Gasteiger partial charge < -0.3 is 36.4 Å². The molecule has 474 valence electrons. The van der Waals surface area contributed by atoms with Crippen molar-refractivity contribution in [1.82, 2.24) is 39.2 Å². The normalized spacial score (nSPS) is 40.9. The van der Waals surface area contributed by atoms with E-state index in [1.54, 1.807) is 0 Å². The maximum absolute atomic E-state index is 12.6. The first-order chi connectivity index (χ1) is 39.1. The van der Waals surface area contributed by atoms with Gasteiger partial charge in [0.1, 0.15) is 6.04 Å². The first-order valence-electron chi connectivity index (χ1n) is 32.7. The van der Waals surface area contributed by atoms with Crippen molar-refractivity contribution in [3.63, 3.8) is 0 Å². The van der Waals surface area contributed by atoms with Crippen molar-refractivity contribution in [3.05, 3.63) is 26.4 Å². The second kappa shape index (κ2) is 31.4. The number of piperidine rings is 16. The number of rotatable bonds is 1. The number of halogens is 1. The van der Waals surface area contributed by atoms with Crippen molar-refractivity contribution in [1.29, 1.82) is 0 Å². The van der Waals surface area contributed by atoms with Crippen molar-refractivity contribution in [3.8, 4) is 0 Å². The Bertz CT molecular complexity index is 2250. The molecule has 21 heteroatoms. The van der Waals surface area contributed by atoms with Gasteiger partial charge in [-0.3, -0.25) is 43.7 Å². The monoisotopic (exact) mass is 1300 g/mol. The maximum Gasteiger partial charge on any atom is 1.00 e. The molecule has 2 N–H and O–H groups in total. The molecule has 0 aliphatic carbocycles. The number of fused-ring (bicyclic) bond motifs is 8. The number of carbonyl (C=O) groups is 4. The Labute approximate surface area is 547 Å². The SMILES string of the molecule is C.C.C.C.NC1CC[C@@H]2[C@H]3CCCN4CCC[C@H](CN2C1=O)[C@@H]34.O=C1C(I)CC[C@@H]2[C@H]3CCCN4CCC[C@H](CN12)[C@H]34.O=C1CCC[C@@H]2[C@H]3CCCN4CCC[C@H](CN12)[C@@H]34.[N-]=[N+]=NC1CC[C@@H]2[C@H]3CCCN4CCC[C@H](CN2C1=O)[C@H]34.[N-]=[N+]=[N-].[Na+]. The summed E-state index contributed by atoms with van der Waals surface area (Å²) in [5.41, 5.74) is 28.1. The molecule has 0 bridgehead atoms. The van der Waals surface area contributed by atoms with Gasteiger partial charge in [-0.15, -0.1) is 0 Å². The summed E-state index contributed by atoms with van der Waals surface area (Å²) in [6.07, 6.45) is 30.5. The Morgan fingerprint density at radius 1 is 0.412 bits per heavy atom. The van der Waals surface area contributed by atoms with E-state index in [1.807, 2.05) is 0 Å². The van der Waals surface area contributed by atoms with Crippen LogP contribution in [-0.4, -0.2) is 206 Å². The minimum Gasteiger partial charge on any atom is -0.373 e. The van der Waals surface area contributed by atoms with Crippen molar-refractivity contribution in [2.45, 2.75) is 255 Å². The van der Waals surface area contributed by atoms with E-state index >= 15 is 0 Å². The summed E-state index contributed by atoms with van der Waals surface area (Å²) in [4.78, 5) is 73.8. The molecule has 16 rings (SSSR count). The predicted octanol–water partition coefficient (Wildman–Crippen LogP) is 7.54. The smallest absolute Gasteiger partial charge is 0.373 e. The average Bonchev–Trinajstić information content (AvgIpc) is 3.36. The van der Waals surface area contributed by atoms with E-state index in [9.17, 15) is 19.2 Å². The first kappa shape index (κ1) is 70.5. The molecule has 16 aliphatic rings. The number of alkyl halides is 1. The molecular weight excluding hydrogens is 1190 g/mol. The number of nitrogens with zero attached hydrogens (tertiary/aromatic N) is 14. The first-order valence-corrected chi connectivity index (χ1v) is 33.9. The molecule has 19 nitrogen and oxygen atoms in total. The molecule has 3 unspecified atom stereocenters. The average molecular weight is 1300 g/mol. The van der Waals surface area contributed by atoms with Gasteiger partial charge in [0.15, 0.2) is 0 Å². The number of carbonyl (C=O) groups excluding carboxylic acids is 4. The molecule has 16 fully saturated rings. The van der Waals surface area contributed by atoms with Gasteiger partial charge in [-0.1, -0.05) is 57.4 Å². The van der Waals surface area contributed by atoms with Crippen LogP contribution in [-0.2, 0) is 19.2 Å². The van der Waals surface area contributed by atoms with E-state index in [2.05, 4.69) is 71.8 Å². The molecule has 0 aromatic carbocycles. The fraction of sp³-hybridized carbons (Fsp3) is 0.938. The van der Waals surface area contributed by atoms with Gasteiger partial charge in [0.05, 0.1) is 9.97 Å². The number of hydrogen-bond acceptors (Lipinski definition) is 10. The summed E-state index contributed by atoms with van der Waals surface area (Å²) in [5, 5.41) is 3.72. The van der Waals surface area contributed by atoms with Crippen molar-refractivity contribution >= 4 is 46.2 Å². The van der Waals surface area contributed by atoms with Gasteiger partial charge in [-0.2, -0.15) is 0 Å². The van der Waals surface area contributed by atoms with Crippen LogP contribution in [0.25, 0.3) is 26.4 Å². The van der Waals surface area contributed by atoms with Crippen LogP contribution in [0.2, 0.25) is 0 Å². The summed E-state index contributed by atoms with van der Waals surface area (Å²) in [7, 11) is 0. The number of azide groups is 1. The van der Waals surface area contributed by atoms with Gasteiger partial charge in [0.2, 0.25) is 23.6 Å². The Balaban J connectivity index is 0.000000157. The third-order valence-corrected chi connectivity index (χ3v) is 25.2. The fourth-order valence-corrected chi connectivity index (χ4v) is 22.0. The maximum atomic E-state index is 12.6. The quantitative estimate of drug-likeness (QED) is 0.0682. The van der Waals surface area contributed by atoms with Crippen LogP contribution in [0.1, 0.15) is 190 Å². The predicted molar refractivity (Wildman–Crippen MR) is 343 cm³/mol. The molecule has 0 saturated carbocycles. The van der Waals surface area contributed by atoms with E-state index in [1.165, 1.54) is 173 Å². The third-order valence-electron chi connectivity index (χ3n) is 24.0. The van der Waals surface area contributed by atoms with Crippen LogP contribution in [0.15, 0.2) is 5.11 Å². The van der Waals surface area contributed by atoms with Crippen LogP contribution < -0.4 is 35.3 Å². The van der Waals surface area contributed by atoms with E-state index in [4.69, 9.17) is 22.3 Å². The van der Waals surface area contributed by atoms with Crippen molar-refractivity contribution in [2.24, 2.45) is 58.2 Å². The topological polar surface area (TPSA) is 228 Å². The Hall–Kier alpha value is -1.97. The molecule has 0 aromatic heterocycles. The summed E-state index contributed by atoms with van der Waals surface area (Å²) >= 11 is 2.36. The molecule has 16 saturated heterocycles. The molecule has 16 aliphatic heterocycles. The van der Waals surface area contributed by atoms with Crippen LogP contribution in [0, 0.1) is 47.3 Å². The molecule has 16 heterocycles. The third kappa shape index (κ3) is 14.0. The van der Waals surface area contributed by atoms with Crippen LogP contribution in [0.4, 0.5) is 0 Å². The fourth-order valence-electron chi connectivity index (χ4n) is 21.2. The zero-order valence-corrected chi connectivity index (χ0v) is 53.1. The van der Waals surface area contributed by atoms with E-state index in [0.717, 1.165) is 119 Å². The van der Waals surface area contributed by atoms with Crippen LogP contribution in [0.5, 0.6) is 0 Å². The van der Waals surface area contributed by atoms with E-state index in [0.29, 0.717) is 59.8 Å². The molecule has 4 amide bonds. The molecule has 19 atom stereocenters. The van der Waals surface area contributed by atoms with E-state index < -0.39 is 6.04 Å². The minimum absolute atomic E-state index is 0.